The lowest BCUT2D eigenvalue weighted by Crippen LogP contribution is -2.48. The number of hydrogen-bond donors (Lipinski definition) is 2. The average molecular weight is 368 g/mol. The molecule has 120 valence electrons. The number of anilines is 1. The molecule has 2 atom stereocenters. The molecule has 1 aromatic carbocycles. The Morgan fingerprint density at radius 3 is 2.59 bits per heavy atom. The highest BCUT2D eigenvalue weighted by atomic mass is 79.9. The van der Waals surface area contributed by atoms with E-state index in [2.05, 4.69) is 33.2 Å². The number of nitrogens with zero attached hydrogens (tertiary/aromatic N) is 1. The van der Waals surface area contributed by atoms with Gasteiger partial charge in [0.25, 0.3) is 5.91 Å². The summed E-state index contributed by atoms with van der Waals surface area (Å²) in [5, 5.41) is 3.17. The number of fused-ring (bicyclic) bond motifs is 2. The van der Waals surface area contributed by atoms with Crippen molar-refractivity contribution in [3.8, 4) is 5.75 Å². The van der Waals surface area contributed by atoms with Crippen LogP contribution in [0.2, 0.25) is 0 Å². The Kier molecular flexibility index (Phi) is 4.32. The predicted molar refractivity (Wildman–Crippen MR) is 90.2 cm³/mol. The van der Waals surface area contributed by atoms with E-state index in [9.17, 15) is 4.79 Å². The smallest absolute Gasteiger partial charge is 0.255 e. The molecule has 3 rings (SSSR count). The Balaban J connectivity index is 1.74. The van der Waals surface area contributed by atoms with Crippen LogP contribution >= 0.6 is 15.9 Å². The molecule has 22 heavy (non-hydrogen) atoms. The Morgan fingerprint density at radius 1 is 1.36 bits per heavy atom. The van der Waals surface area contributed by atoms with Crippen LogP contribution in [0, 0.1) is 0 Å². The maximum atomic E-state index is 12.6. The van der Waals surface area contributed by atoms with Crippen LogP contribution in [0.25, 0.3) is 0 Å². The van der Waals surface area contributed by atoms with Crippen molar-refractivity contribution in [1.82, 2.24) is 10.2 Å². The summed E-state index contributed by atoms with van der Waals surface area (Å²) in [7, 11) is 3.75. The lowest BCUT2D eigenvalue weighted by Gasteiger charge is -2.36. The van der Waals surface area contributed by atoms with Crippen molar-refractivity contribution >= 4 is 27.5 Å². The first kappa shape index (κ1) is 15.6. The molecule has 2 fully saturated rings. The van der Waals surface area contributed by atoms with Gasteiger partial charge in [0.15, 0.2) is 0 Å². The molecule has 2 saturated heterocycles. The summed E-state index contributed by atoms with van der Waals surface area (Å²) in [6, 6.07) is 4.85. The molecule has 6 heteroatoms. The Labute approximate surface area is 139 Å². The highest BCUT2D eigenvalue weighted by molar-refractivity contribution is 9.10. The Hall–Kier alpha value is -1.27. The molecule has 0 radical (unpaired) electrons. The van der Waals surface area contributed by atoms with Gasteiger partial charge >= 0.3 is 0 Å². The molecule has 0 spiro atoms. The number of piperidine rings is 1. The van der Waals surface area contributed by atoms with Crippen molar-refractivity contribution in [3.63, 3.8) is 0 Å². The van der Waals surface area contributed by atoms with Gasteiger partial charge in [0.1, 0.15) is 5.75 Å². The van der Waals surface area contributed by atoms with Crippen molar-refractivity contribution in [2.24, 2.45) is 0 Å². The van der Waals surface area contributed by atoms with Gasteiger partial charge in [0, 0.05) is 34.4 Å². The zero-order valence-corrected chi connectivity index (χ0v) is 14.5. The van der Waals surface area contributed by atoms with Crippen LogP contribution in [0.15, 0.2) is 16.6 Å². The van der Waals surface area contributed by atoms with Gasteiger partial charge in [-0.1, -0.05) is 0 Å². The number of halogens is 1. The van der Waals surface area contributed by atoms with Gasteiger partial charge in [0.2, 0.25) is 0 Å². The second-order valence-corrected chi connectivity index (χ2v) is 7.12. The largest absolute Gasteiger partial charge is 0.496 e. The van der Waals surface area contributed by atoms with Crippen LogP contribution < -0.4 is 15.8 Å². The number of ether oxygens (including phenoxy) is 1. The van der Waals surface area contributed by atoms with Crippen LogP contribution in [-0.4, -0.2) is 43.1 Å². The van der Waals surface area contributed by atoms with Crippen molar-refractivity contribution in [2.45, 2.75) is 43.8 Å². The van der Waals surface area contributed by atoms with Gasteiger partial charge in [-0.2, -0.15) is 0 Å². The number of rotatable bonds is 3. The van der Waals surface area contributed by atoms with E-state index in [0.717, 1.165) is 12.8 Å². The molecule has 0 aromatic heterocycles. The first-order chi connectivity index (χ1) is 10.5. The number of nitrogen functional groups attached to an aromatic ring is 1. The van der Waals surface area contributed by atoms with E-state index in [1.807, 2.05) is 0 Å². The van der Waals surface area contributed by atoms with Gasteiger partial charge in [0.05, 0.1) is 12.7 Å². The lowest BCUT2D eigenvalue weighted by atomic mass is 9.97. The van der Waals surface area contributed by atoms with E-state index in [-0.39, 0.29) is 11.9 Å². The normalized spacial score (nSPS) is 27.7. The molecule has 2 heterocycles. The molecular formula is C16H22BrN3O2. The van der Waals surface area contributed by atoms with E-state index in [4.69, 9.17) is 10.5 Å². The van der Waals surface area contributed by atoms with Crippen molar-refractivity contribution < 1.29 is 9.53 Å². The highest BCUT2D eigenvalue weighted by Crippen LogP contribution is 2.35. The fourth-order valence-electron chi connectivity index (χ4n) is 3.71. The van der Waals surface area contributed by atoms with Crippen LogP contribution in [0.5, 0.6) is 5.75 Å². The monoisotopic (exact) mass is 367 g/mol. The number of carbonyl (C=O) groups is 1. The Bertz CT molecular complexity index is 579. The molecule has 3 N–H and O–H groups in total. The van der Waals surface area contributed by atoms with Gasteiger partial charge < -0.3 is 20.7 Å². The standard InChI is InChI=1S/C16H22BrN3O2/c1-20-10-3-4-11(20)6-9(5-10)19-16(21)12-7-13(17)14(18)8-15(12)22-2/h7-11H,3-6,18H2,1-2H3,(H,19,21). The zero-order chi connectivity index (χ0) is 15.9. The minimum atomic E-state index is -0.0912. The van der Waals surface area contributed by atoms with Gasteiger partial charge in [-0.3, -0.25) is 4.79 Å². The number of methoxy groups -OCH3 is 1. The number of carbonyl (C=O) groups excluding carboxylic acids is 1. The van der Waals surface area contributed by atoms with Gasteiger partial charge in [-0.15, -0.1) is 0 Å². The van der Waals surface area contributed by atoms with Crippen LogP contribution in [0.1, 0.15) is 36.0 Å². The van der Waals surface area contributed by atoms with Crippen molar-refractivity contribution in [2.75, 3.05) is 19.9 Å². The van der Waals surface area contributed by atoms with Crippen molar-refractivity contribution in [1.29, 1.82) is 0 Å². The fraction of sp³-hybridized carbons (Fsp3) is 0.562. The second-order valence-electron chi connectivity index (χ2n) is 6.27. The maximum Gasteiger partial charge on any atom is 0.255 e. The molecule has 1 aromatic rings. The van der Waals surface area contributed by atoms with E-state index < -0.39 is 0 Å². The molecule has 0 aliphatic carbocycles. The summed E-state index contributed by atoms with van der Waals surface area (Å²) in [5.41, 5.74) is 6.93. The summed E-state index contributed by atoms with van der Waals surface area (Å²) in [6.07, 6.45) is 4.53. The third-order valence-electron chi connectivity index (χ3n) is 5.00. The van der Waals surface area contributed by atoms with Crippen LogP contribution in [0.4, 0.5) is 5.69 Å². The molecule has 2 unspecified atom stereocenters. The Morgan fingerprint density at radius 2 is 2.00 bits per heavy atom. The van der Waals surface area contributed by atoms with Gasteiger partial charge in [-0.05, 0) is 54.7 Å². The van der Waals surface area contributed by atoms with E-state index in [0.29, 0.717) is 33.6 Å². The number of nitrogens with two attached hydrogens (primary N) is 1. The number of hydrogen-bond acceptors (Lipinski definition) is 4. The fourth-order valence-corrected chi connectivity index (χ4v) is 4.05. The summed E-state index contributed by atoms with van der Waals surface area (Å²) in [5.74, 6) is 0.417. The third-order valence-corrected chi connectivity index (χ3v) is 5.68. The second kappa shape index (κ2) is 6.08. The molecular weight excluding hydrogens is 346 g/mol. The quantitative estimate of drug-likeness (QED) is 0.804. The van der Waals surface area contributed by atoms with E-state index in [1.165, 1.54) is 12.8 Å². The first-order valence-corrected chi connectivity index (χ1v) is 8.44. The van der Waals surface area contributed by atoms with Crippen molar-refractivity contribution in [3.05, 3.63) is 22.2 Å². The van der Waals surface area contributed by atoms with Crippen LogP contribution in [0.3, 0.4) is 0 Å². The number of nitrogens with one attached hydrogen (secondary N) is 1. The third kappa shape index (κ3) is 2.82. The topological polar surface area (TPSA) is 67.6 Å². The average Bonchev–Trinajstić information content (AvgIpc) is 2.72. The predicted octanol–water partition coefficient (Wildman–Crippen LogP) is 2.39. The molecule has 2 bridgehead atoms. The van der Waals surface area contributed by atoms with E-state index >= 15 is 0 Å². The van der Waals surface area contributed by atoms with Crippen LogP contribution in [-0.2, 0) is 0 Å². The highest BCUT2D eigenvalue weighted by Gasteiger charge is 2.39. The summed E-state index contributed by atoms with van der Waals surface area (Å²) in [4.78, 5) is 15.1. The molecule has 0 saturated carbocycles. The lowest BCUT2D eigenvalue weighted by molar-refractivity contribution is 0.0879. The molecule has 1 amide bonds. The maximum absolute atomic E-state index is 12.6. The van der Waals surface area contributed by atoms with Gasteiger partial charge in [-0.25, -0.2) is 0 Å². The SMILES string of the molecule is COc1cc(N)c(Br)cc1C(=O)NC1CC2CCC(C1)N2C. The molecule has 5 nitrogen and oxygen atoms in total. The number of amides is 1. The zero-order valence-electron chi connectivity index (χ0n) is 12.9. The number of benzene rings is 1. The molecule has 2 aliphatic rings. The minimum Gasteiger partial charge on any atom is -0.496 e. The molecule has 2 aliphatic heterocycles. The summed E-state index contributed by atoms with van der Waals surface area (Å²) in [6.45, 7) is 0. The first-order valence-electron chi connectivity index (χ1n) is 7.65. The summed E-state index contributed by atoms with van der Waals surface area (Å²) < 4.78 is 6.00. The summed E-state index contributed by atoms with van der Waals surface area (Å²) >= 11 is 3.37. The minimum absolute atomic E-state index is 0.0912. The van der Waals surface area contributed by atoms with E-state index in [1.54, 1.807) is 19.2 Å².